The predicted molar refractivity (Wildman–Crippen MR) is 111 cm³/mol. The molecule has 31 heavy (non-hydrogen) atoms. The van der Waals surface area contributed by atoms with E-state index in [2.05, 4.69) is 20.4 Å². The van der Waals surface area contributed by atoms with Gasteiger partial charge < -0.3 is 15.0 Å². The number of ether oxygens (including phenoxy) is 1. The normalized spacial score (nSPS) is 28.6. The quantitative estimate of drug-likeness (QED) is 0.721. The third-order valence-corrected chi connectivity index (χ3v) is 6.88. The van der Waals surface area contributed by atoms with E-state index in [0.29, 0.717) is 35.7 Å². The molecule has 3 fully saturated rings. The summed E-state index contributed by atoms with van der Waals surface area (Å²) in [6, 6.07) is 5.01. The zero-order valence-corrected chi connectivity index (χ0v) is 17.4. The van der Waals surface area contributed by atoms with Gasteiger partial charge in [-0.3, -0.25) is 0 Å². The molecule has 2 saturated heterocycles. The Labute approximate surface area is 180 Å². The minimum Gasteiger partial charge on any atom is -0.381 e. The van der Waals surface area contributed by atoms with Crippen LogP contribution in [0.3, 0.4) is 0 Å². The number of likely N-dealkylation sites (tertiary alicyclic amines) is 1. The van der Waals surface area contributed by atoms with E-state index < -0.39 is 17.5 Å². The maximum absolute atomic E-state index is 14.0. The van der Waals surface area contributed by atoms with E-state index in [1.54, 1.807) is 6.07 Å². The van der Waals surface area contributed by atoms with E-state index >= 15 is 0 Å². The Kier molecular flexibility index (Phi) is 5.84. The highest BCUT2D eigenvalue weighted by Gasteiger charge is 2.41. The molecule has 2 aromatic rings. The van der Waals surface area contributed by atoms with Crippen molar-refractivity contribution >= 4 is 5.82 Å². The lowest BCUT2D eigenvalue weighted by atomic mass is 10.0. The Morgan fingerprint density at radius 1 is 1.06 bits per heavy atom. The Hall–Kier alpha value is -2.19. The average Bonchev–Trinajstić information content (AvgIpc) is 3.30. The predicted octanol–water partition coefficient (Wildman–Crippen LogP) is 4.11. The van der Waals surface area contributed by atoms with E-state index in [1.165, 1.54) is 18.9 Å². The molecule has 3 heterocycles. The van der Waals surface area contributed by atoms with Crippen LogP contribution in [-0.2, 0) is 4.74 Å². The first kappa shape index (κ1) is 20.7. The second-order valence-electron chi connectivity index (χ2n) is 9.19. The first-order chi connectivity index (χ1) is 15.0. The van der Waals surface area contributed by atoms with Gasteiger partial charge in [-0.2, -0.15) is 0 Å². The Morgan fingerprint density at radius 2 is 1.87 bits per heavy atom. The fourth-order valence-corrected chi connectivity index (χ4v) is 5.48. The van der Waals surface area contributed by atoms with Gasteiger partial charge in [-0.25, -0.2) is 13.2 Å². The van der Waals surface area contributed by atoms with Gasteiger partial charge in [0.15, 0.2) is 11.6 Å². The Morgan fingerprint density at radius 3 is 2.55 bits per heavy atom. The molecule has 3 aliphatic rings. The van der Waals surface area contributed by atoms with Crippen molar-refractivity contribution in [3.63, 3.8) is 0 Å². The van der Waals surface area contributed by atoms with Crippen LogP contribution < -0.4 is 5.32 Å². The van der Waals surface area contributed by atoms with Crippen LogP contribution in [0.1, 0.15) is 25.7 Å². The smallest absolute Gasteiger partial charge is 0.168 e. The van der Waals surface area contributed by atoms with Crippen LogP contribution in [0.5, 0.6) is 0 Å². The van der Waals surface area contributed by atoms with Crippen LogP contribution in [0, 0.1) is 35.2 Å². The molecule has 0 spiro atoms. The fourth-order valence-electron chi connectivity index (χ4n) is 5.48. The van der Waals surface area contributed by atoms with Gasteiger partial charge in [-0.05, 0) is 61.6 Å². The van der Waals surface area contributed by atoms with Crippen LogP contribution in [0.2, 0.25) is 0 Å². The highest BCUT2D eigenvalue weighted by Crippen LogP contribution is 2.39. The Balaban J connectivity index is 1.16. The molecule has 1 aromatic heterocycles. The van der Waals surface area contributed by atoms with Crippen molar-refractivity contribution in [2.75, 3.05) is 38.2 Å². The standard InChI is InChI=1S/C23H27F3N4O/c24-17-8-19(23(26)20(25)9-17)21-3-4-22(29-28-21)27-18-6-15-11-30(12-16(15)7-18)10-14-2-1-5-31-13-14/h3-4,8-9,14-16,18H,1-2,5-7,10-13H2,(H,27,29)/t14?,15-,16+,18?. The van der Waals surface area contributed by atoms with Gasteiger partial charge >= 0.3 is 0 Å². The van der Waals surface area contributed by atoms with Gasteiger partial charge in [0.05, 0.1) is 12.3 Å². The van der Waals surface area contributed by atoms with E-state index in [9.17, 15) is 13.2 Å². The summed E-state index contributed by atoms with van der Waals surface area (Å²) in [5, 5.41) is 11.5. The first-order valence-electron chi connectivity index (χ1n) is 11.1. The molecule has 0 bridgehead atoms. The number of fused-ring (bicyclic) bond motifs is 1. The lowest BCUT2D eigenvalue weighted by molar-refractivity contribution is 0.0407. The lowest BCUT2D eigenvalue weighted by Gasteiger charge is -2.27. The summed E-state index contributed by atoms with van der Waals surface area (Å²) in [6.45, 7) is 5.25. The number of rotatable bonds is 5. The molecule has 1 N–H and O–H groups in total. The number of nitrogens with one attached hydrogen (secondary N) is 1. The van der Waals surface area contributed by atoms with Crippen molar-refractivity contribution in [2.24, 2.45) is 17.8 Å². The molecule has 4 atom stereocenters. The third kappa shape index (κ3) is 4.55. The largest absolute Gasteiger partial charge is 0.381 e. The Bertz CT molecular complexity index is 906. The molecule has 0 amide bonds. The van der Waals surface area contributed by atoms with Crippen molar-refractivity contribution in [1.82, 2.24) is 15.1 Å². The van der Waals surface area contributed by atoms with Crippen LogP contribution in [0.15, 0.2) is 24.3 Å². The summed E-state index contributed by atoms with van der Waals surface area (Å²) in [6.07, 6.45) is 4.64. The zero-order chi connectivity index (χ0) is 21.4. The summed E-state index contributed by atoms with van der Waals surface area (Å²) in [5.41, 5.74) is -0.123. The van der Waals surface area contributed by atoms with Gasteiger partial charge in [0.1, 0.15) is 11.6 Å². The second kappa shape index (κ2) is 8.74. The summed E-state index contributed by atoms with van der Waals surface area (Å²) in [4.78, 5) is 2.60. The molecule has 1 saturated carbocycles. The molecule has 5 nitrogen and oxygen atoms in total. The molecule has 1 aliphatic carbocycles. The van der Waals surface area contributed by atoms with Crippen LogP contribution >= 0.6 is 0 Å². The highest BCUT2D eigenvalue weighted by molar-refractivity contribution is 5.60. The number of aromatic nitrogens is 2. The molecule has 8 heteroatoms. The van der Waals surface area contributed by atoms with Crippen molar-refractivity contribution < 1.29 is 17.9 Å². The molecule has 5 rings (SSSR count). The van der Waals surface area contributed by atoms with Crippen molar-refractivity contribution in [2.45, 2.75) is 31.7 Å². The third-order valence-electron chi connectivity index (χ3n) is 6.88. The number of nitrogens with zero attached hydrogens (tertiary/aromatic N) is 3. The van der Waals surface area contributed by atoms with Gasteiger partial charge in [-0.1, -0.05) is 0 Å². The van der Waals surface area contributed by atoms with Crippen LogP contribution in [0.4, 0.5) is 19.0 Å². The van der Waals surface area contributed by atoms with Gasteiger partial charge in [0, 0.05) is 43.9 Å². The van der Waals surface area contributed by atoms with E-state index in [1.807, 2.05) is 0 Å². The zero-order valence-electron chi connectivity index (χ0n) is 17.4. The first-order valence-corrected chi connectivity index (χ1v) is 11.1. The highest BCUT2D eigenvalue weighted by atomic mass is 19.2. The lowest BCUT2D eigenvalue weighted by Crippen LogP contribution is -2.33. The van der Waals surface area contributed by atoms with Crippen LogP contribution in [0.25, 0.3) is 11.3 Å². The van der Waals surface area contributed by atoms with E-state index in [-0.39, 0.29) is 11.3 Å². The van der Waals surface area contributed by atoms with Gasteiger partial charge in [0.2, 0.25) is 0 Å². The van der Waals surface area contributed by atoms with Gasteiger partial charge in [-0.15, -0.1) is 10.2 Å². The van der Waals surface area contributed by atoms with Gasteiger partial charge in [0.25, 0.3) is 0 Å². The summed E-state index contributed by atoms with van der Waals surface area (Å²) >= 11 is 0. The maximum atomic E-state index is 14.0. The fraction of sp³-hybridized carbons (Fsp3) is 0.565. The number of hydrogen-bond acceptors (Lipinski definition) is 5. The minimum absolute atomic E-state index is 0.104. The SMILES string of the molecule is Fc1cc(F)c(F)c(-c2ccc(NC3C[C@@H]4CN(CC5CCCOC5)C[C@@H]4C3)nn2)c1. The average molecular weight is 432 g/mol. The number of hydrogen-bond donors (Lipinski definition) is 1. The number of halogens is 3. The number of anilines is 1. The van der Waals surface area contributed by atoms with Crippen molar-refractivity contribution in [1.29, 1.82) is 0 Å². The van der Waals surface area contributed by atoms with Crippen molar-refractivity contribution in [3.8, 4) is 11.3 Å². The molecular formula is C23H27F3N4O. The second-order valence-corrected chi connectivity index (χ2v) is 9.19. The van der Waals surface area contributed by atoms with Crippen LogP contribution in [-0.4, -0.2) is 54.0 Å². The van der Waals surface area contributed by atoms with Crippen molar-refractivity contribution in [3.05, 3.63) is 41.7 Å². The van der Waals surface area contributed by atoms with E-state index in [4.69, 9.17) is 4.74 Å². The summed E-state index contributed by atoms with van der Waals surface area (Å²) < 4.78 is 46.5. The summed E-state index contributed by atoms with van der Waals surface area (Å²) in [5.74, 6) is -0.544. The molecule has 0 radical (unpaired) electrons. The molecule has 2 aliphatic heterocycles. The monoisotopic (exact) mass is 432 g/mol. The molecule has 1 aromatic carbocycles. The molecule has 166 valence electrons. The molecular weight excluding hydrogens is 405 g/mol. The molecule has 2 unspecified atom stereocenters. The topological polar surface area (TPSA) is 50.3 Å². The minimum atomic E-state index is -1.23. The number of benzene rings is 1. The maximum Gasteiger partial charge on any atom is 0.168 e. The summed E-state index contributed by atoms with van der Waals surface area (Å²) in [7, 11) is 0. The van der Waals surface area contributed by atoms with E-state index in [0.717, 1.165) is 51.8 Å².